The molecule has 0 aliphatic carbocycles. The summed E-state index contributed by atoms with van der Waals surface area (Å²) in [6.45, 7) is 4.39. The Bertz CT molecular complexity index is 2690. The molecule has 0 atom stereocenters. The van der Waals surface area contributed by atoms with Gasteiger partial charge in [0, 0.05) is 38.7 Å². The molecule has 3 aromatic heterocycles. The number of nitrogens with zero attached hydrogens (tertiary/aromatic N) is 5. The van der Waals surface area contributed by atoms with Crippen LogP contribution in [-0.4, -0.2) is 24.9 Å². The van der Waals surface area contributed by atoms with Gasteiger partial charge in [-0.25, -0.2) is 19.9 Å². The van der Waals surface area contributed by atoms with Crippen molar-refractivity contribution in [2.45, 2.75) is 19.8 Å². The summed E-state index contributed by atoms with van der Waals surface area (Å²) in [5.41, 5.74) is 12.1. The minimum Gasteiger partial charge on any atom is -0.250 e. The Morgan fingerprint density at radius 3 is 1.45 bits per heavy atom. The molecular weight excluding hydrogens is 647 g/mol. The fraction of sp³-hybridized carbons (Fsp3) is 0.0625. The molecule has 0 bridgehead atoms. The lowest BCUT2D eigenvalue weighted by atomic mass is 9.96. The molecule has 3 heterocycles. The fourth-order valence-electron chi connectivity index (χ4n) is 6.84. The molecule has 0 saturated carbocycles. The van der Waals surface area contributed by atoms with Crippen molar-refractivity contribution in [2.75, 3.05) is 0 Å². The van der Waals surface area contributed by atoms with E-state index < -0.39 is 0 Å². The average Bonchev–Trinajstić information content (AvgIpc) is 3.24. The van der Waals surface area contributed by atoms with Crippen molar-refractivity contribution in [1.29, 1.82) is 0 Å². The van der Waals surface area contributed by atoms with Gasteiger partial charge in [0.05, 0.1) is 16.7 Å². The maximum Gasteiger partial charge on any atom is 0.164 e. The fourth-order valence-corrected chi connectivity index (χ4v) is 6.84. The Labute approximate surface area is 308 Å². The molecule has 6 aromatic carbocycles. The third-order valence-electron chi connectivity index (χ3n) is 9.65. The smallest absolute Gasteiger partial charge is 0.164 e. The molecule has 0 spiro atoms. The third kappa shape index (κ3) is 6.34. The Morgan fingerprint density at radius 1 is 0.358 bits per heavy atom. The van der Waals surface area contributed by atoms with E-state index >= 15 is 0 Å². The topological polar surface area (TPSA) is 64.5 Å². The molecule has 0 N–H and O–H groups in total. The van der Waals surface area contributed by atoms with E-state index in [1.54, 1.807) is 0 Å². The van der Waals surface area contributed by atoms with E-state index in [1.807, 2.05) is 60.7 Å². The molecule has 53 heavy (non-hydrogen) atoms. The minimum absolute atomic E-state index is 0.278. The molecule has 0 radical (unpaired) electrons. The SMILES string of the molecule is CC(C)c1cc(-c2ccccc2)c2ccc3ccc(-c4cccc(-c5cccc(-c6nc(-c7ccccc7)nc(-c7ccccc7)n6)c5)c4)nc3c2n1. The first-order valence-corrected chi connectivity index (χ1v) is 18.0. The predicted molar refractivity (Wildman–Crippen MR) is 217 cm³/mol. The molecule has 0 fully saturated rings. The highest BCUT2D eigenvalue weighted by atomic mass is 15.0. The number of fused-ring (bicyclic) bond motifs is 3. The van der Waals surface area contributed by atoms with Crippen molar-refractivity contribution in [3.63, 3.8) is 0 Å². The van der Waals surface area contributed by atoms with Crippen LogP contribution in [0.25, 0.3) is 89.5 Å². The zero-order chi connectivity index (χ0) is 35.7. The number of pyridine rings is 2. The predicted octanol–water partition coefficient (Wildman–Crippen LogP) is 12.1. The van der Waals surface area contributed by atoms with E-state index in [2.05, 4.69) is 123 Å². The summed E-state index contributed by atoms with van der Waals surface area (Å²) in [7, 11) is 0. The van der Waals surface area contributed by atoms with Crippen molar-refractivity contribution in [1.82, 2.24) is 24.9 Å². The summed E-state index contributed by atoms with van der Waals surface area (Å²) in [6, 6.07) is 58.5. The molecule has 0 amide bonds. The van der Waals surface area contributed by atoms with Crippen LogP contribution in [0.2, 0.25) is 0 Å². The Morgan fingerprint density at radius 2 is 0.849 bits per heavy atom. The van der Waals surface area contributed by atoms with Gasteiger partial charge >= 0.3 is 0 Å². The van der Waals surface area contributed by atoms with Gasteiger partial charge in [0.15, 0.2) is 17.5 Å². The second-order valence-corrected chi connectivity index (χ2v) is 13.5. The second kappa shape index (κ2) is 13.7. The zero-order valence-electron chi connectivity index (χ0n) is 29.5. The van der Waals surface area contributed by atoms with Gasteiger partial charge in [0.25, 0.3) is 0 Å². The quantitative estimate of drug-likeness (QED) is 0.157. The molecular formula is C48H35N5. The second-order valence-electron chi connectivity index (χ2n) is 13.5. The van der Waals surface area contributed by atoms with Crippen LogP contribution in [0.15, 0.2) is 170 Å². The molecule has 5 nitrogen and oxygen atoms in total. The number of rotatable bonds is 7. The van der Waals surface area contributed by atoms with E-state index in [1.165, 1.54) is 11.1 Å². The summed E-state index contributed by atoms with van der Waals surface area (Å²) >= 11 is 0. The molecule has 252 valence electrons. The van der Waals surface area contributed by atoms with Crippen molar-refractivity contribution in [3.05, 3.63) is 176 Å². The maximum absolute atomic E-state index is 5.30. The van der Waals surface area contributed by atoms with Crippen LogP contribution in [0.1, 0.15) is 25.5 Å². The van der Waals surface area contributed by atoms with Gasteiger partial charge in [-0.05, 0) is 52.4 Å². The first-order valence-electron chi connectivity index (χ1n) is 18.0. The first kappa shape index (κ1) is 32.1. The van der Waals surface area contributed by atoms with Crippen molar-refractivity contribution < 1.29 is 0 Å². The monoisotopic (exact) mass is 681 g/mol. The molecule has 0 aliphatic heterocycles. The van der Waals surface area contributed by atoms with Gasteiger partial charge in [-0.15, -0.1) is 0 Å². The largest absolute Gasteiger partial charge is 0.250 e. The molecule has 9 rings (SSSR count). The average molecular weight is 682 g/mol. The van der Waals surface area contributed by atoms with Crippen LogP contribution < -0.4 is 0 Å². The lowest BCUT2D eigenvalue weighted by molar-refractivity contribution is 0.831. The van der Waals surface area contributed by atoms with Gasteiger partial charge in [0.1, 0.15) is 0 Å². The van der Waals surface area contributed by atoms with Gasteiger partial charge in [-0.3, -0.25) is 4.98 Å². The Hall–Kier alpha value is -6.85. The molecule has 0 saturated heterocycles. The van der Waals surface area contributed by atoms with E-state index in [0.717, 1.165) is 66.6 Å². The standard InChI is InChI=1S/C48H35N5/c1-31(2)43-30-41(32-14-6-3-7-15-32)40-26-24-33-25-27-42(49-44(33)45(40)50-43)38-22-12-20-36(28-38)37-21-13-23-39(29-37)48-52-46(34-16-8-4-9-17-34)51-47(53-48)35-18-10-5-11-19-35/h3-31H,1-2H3. The van der Waals surface area contributed by atoms with Crippen LogP contribution in [0.3, 0.4) is 0 Å². The van der Waals surface area contributed by atoms with Gasteiger partial charge in [-0.2, -0.15) is 0 Å². The van der Waals surface area contributed by atoms with Crippen molar-refractivity contribution in [3.8, 4) is 67.7 Å². The van der Waals surface area contributed by atoms with E-state index in [9.17, 15) is 0 Å². The van der Waals surface area contributed by atoms with Gasteiger partial charge in [-0.1, -0.05) is 159 Å². The molecule has 0 unspecified atom stereocenters. The lowest BCUT2D eigenvalue weighted by Gasteiger charge is -2.14. The number of aromatic nitrogens is 5. The van der Waals surface area contributed by atoms with Crippen LogP contribution >= 0.6 is 0 Å². The lowest BCUT2D eigenvalue weighted by Crippen LogP contribution is -2.00. The van der Waals surface area contributed by atoms with Crippen LogP contribution in [0, 0.1) is 0 Å². The highest BCUT2D eigenvalue weighted by molar-refractivity contribution is 6.08. The zero-order valence-corrected chi connectivity index (χ0v) is 29.5. The van der Waals surface area contributed by atoms with Gasteiger partial charge < -0.3 is 0 Å². The van der Waals surface area contributed by atoms with Crippen molar-refractivity contribution in [2.24, 2.45) is 0 Å². The third-order valence-corrected chi connectivity index (χ3v) is 9.65. The van der Waals surface area contributed by atoms with E-state index in [4.69, 9.17) is 24.9 Å². The Balaban J connectivity index is 1.13. The number of hydrogen-bond acceptors (Lipinski definition) is 5. The minimum atomic E-state index is 0.278. The molecule has 0 aliphatic rings. The highest BCUT2D eigenvalue weighted by Crippen LogP contribution is 2.36. The summed E-state index contributed by atoms with van der Waals surface area (Å²) in [4.78, 5) is 25.3. The van der Waals surface area contributed by atoms with Crippen LogP contribution in [-0.2, 0) is 0 Å². The van der Waals surface area contributed by atoms with Crippen LogP contribution in [0.4, 0.5) is 0 Å². The normalized spacial score (nSPS) is 11.4. The molecule has 5 heteroatoms. The highest BCUT2D eigenvalue weighted by Gasteiger charge is 2.16. The maximum atomic E-state index is 5.30. The Kier molecular flexibility index (Phi) is 8.29. The number of benzene rings is 6. The summed E-state index contributed by atoms with van der Waals surface area (Å²) in [5, 5.41) is 2.17. The summed E-state index contributed by atoms with van der Waals surface area (Å²) < 4.78 is 0. The van der Waals surface area contributed by atoms with Gasteiger partial charge in [0.2, 0.25) is 0 Å². The summed E-state index contributed by atoms with van der Waals surface area (Å²) in [6.07, 6.45) is 0. The summed E-state index contributed by atoms with van der Waals surface area (Å²) in [5.74, 6) is 2.19. The van der Waals surface area contributed by atoms with Crippen molar-refractivity contribution >= 4 is 21.8 Å². The molecule has 9 aromatic rings. The van der Waals surface area contributed by atoms with E-state index in [0.29, 0.717) is 17.5 Å². The van der Waals surface area contributed by atoms with Crippen LogP contribution in [0.5, 0.6) is 0 Å². The first-order chi connectivity index (χ1) is 26.1. The number of hydrogen-bond donors (Lipinski definition) is 0. The van der Waals surface area contributed by atoms with E-state index in [-0.39, 0.29) is 5.92 Å².